The molecular formula is C9H10IN. The van der Waals surface area contributed by atoms with Gasteiger partial charge in [-0.2, -0.15) is 0 Å². The molecule has 1 heterocycles. The molecule has 2 heteroatoms. The predicted octanol–water partition coefficient (Wildman–Crippen LogP) is 2.33. The first-order valence-electron chi connectivity index (χ1n) is 3.85. The van der Waals surface area contributed by atoms with Crippen LogP contribution < -0.4 is 5.32 Å². The van der Waals surface area contributed by atoms with E-state index in [9.17, 15) is 0 Å². The molecule has 0 saturated carbocycles. The van der Waals surface area contributed by atoms with E-state index in [1.54, 1.807) is 0 Å². The highest BCUT2D eigenvalue weighted by atomic mass is 127. The summed E-state index contributed by atoms with van der Waals surface area (Å²) in [5.74, 6) is 0. The largest absolute Gasteiger partial charge is 0.310 e. The van der Waals surface area contributed by atoms with Crippen molar-refractivity contribution in [2.75, 3.05) is 6.54 Å². The van der Waals surface area contributed by atoms with E-state index in [1.165, 1.54) is 22.1 Å². The summed E-state index contributed by atoms with van der Waals surface area (Å²) < 4.78 is 1.33. The molecule has 58 valence electrons. The number of hydrogen-bond acceptors (Lipinski definition) is 1. The second kappa shape index (κ2) is 3.11. The van der Waals surface area contributed by atoms with Crippen molar-refractivity contribution in [3.05, 3.63) is 33.4 Å². The smallest absolute Gasteiger partial charge is 0.0332 e. The number of benzene rings is 1. The fourth-order valence-electron chi connectivity index (χ4n) is 1.30. The van der Waals surface area contributed by atoms with Crippen molar-refractivity contribution in [1.29, 1.82) is 0 Å². The standard InChI is InChI=1S/C9H10IN/c10-8-3-1-2-7(6-8)9-4-5-11-9/h1-3,6,9,11H,4-5H2. The first kappa shape index (κ1) is 7.55. The third kappa shape index (κ3) is 1.56. The van der Waals surface area contributed by atoms with Crippen LogP contribution in [0.3, 0.4) is 0 Å². The van der Waals surface area contributed by atoms with Crippen molar-refractivity contribution in [2.24, 2.45) is 0 Å². The molecular weight excluding hydrogens is 249 g/mol. The number of halogens is 1. The van der Waals surface area contributed by atoms with Crippen LogP contribution in [-0.2, 0) is 0 Å². The normalized spacial score (nSPS) is 22.8. The van der Waals surface area contributed by atoms with Gasteiger partial charge in [0.15, 0.2) is 0 Å². The Morgan fingerprint density at radius 2 is 2.27 bits per heavy atom. The van der Waals surface area contributed by atoms with E-state index in [4.69, 9.17) is 0 Å². The van der Waals surface area contributed by atoms with Crippen molar-refractivity contribution in [3.8, 4) is 0 Å². The fraction of sp³-hybridized carbons (Fsp3) is 0.333. The second-order valence-corrected chi connectivity index (χ2v) is 4.10. The Kier molecular flexibility index (Phi) is 2.13. The lowest BCUT2D eigenvalue weighted by Crippen LogP contribution is -2.34. The van der Waals surface area contributed by atoms with Gasteiger partial charge in [0, 0.05) is 9.61 Å². The highest BCUT2D eigenvalue weighted by Crippen LogP contribution is 2.23. The van der Waals surface area contributed by atoms with E-state index in [1.807, 2.05) is 0 Å². The quantitative estimate of drug-likeness (QED) is 0.763. The van der Waals surface area contributed by atoms with Crippen LogP contribution in [0.2, 0.25) is 0 Å². The Labute approximate surface area is 80.3 Å². The van der Waals surface area contributed by atoms with E-state index >= 15 is 0 Å². The van der Waals surface area contributed by atoms with Crippen molar-refractivity contribution in [1.82, 2.24) is 5.32 Å². The molecule has 0 radical (unpaired) electrons. The van der Waals surface area contributed by atoms with E-state index in [2.05, 4.69) is 52.2 Å². The maximum absolute atomic E-state index is 3.39. The molecule has 1 atom stereocenters. The highest BCUT2D eigenvalue weighted by molar-refractivity contribution is 14.1. The van der Waals surface area contributed by atoms with Crippen LogP contribution >= 0.6 is 22.6 Å². The van der Waals surface area contributed by atoms with Crippen LogP contribution in [0.5, 0.6) is 0 Å². The zero-order valence-corrected chi connectivity index (χ0v) is 8.34. The van der Waals surface area contributed by atoms with Gasteiger partial charge in [0.25, 0.3) is 0 Å². The van der Waals surface area contributed by atoms with Crippen molar-refractivity contribution >= 4 is 22.6 Å². The van der Waals surface area contributed by atoms with E-state index in [-0.39, 0.29) is 0 Å². The van der Waals surface area contributed by atoms with Gasteiger partial charge in [-0.1, -0.05) is 12.1 Å². The van der Waals surface area contributed by atoms with Crippen LogP contribution in [0.4, 0.5) is 0 Å². The summed E-state index contributed by atoms with van der Waals surface area (Å²) in [5.41, 5.74) is 1.43. The van der Waals surface area contributed by atoms with Gasteiger partial charge in [-0.3, -0.25) is 0 Å². The molecule has 2 rings (SSSR count). The lowest BCUT2D eigenvalue weighted by atomic mass is 9.98. The summed E-state index contributed by atoms with van der Waals surface area (Å²) in [4.78, 5) is 0. The number of nitrogens with one attached hydrogen (secondary N) is 1. The molecule has 0 spiro atoms. The molecule has 0 aromatic heterocycles. The van der Waals surface area contributed by atoms with E-state index < -0.39 is 0 Å². The van der Waals surface area contributed by atoms with Crippen molar-refractivity contribution < 1.29 is 0 Å². The minimum absolute atomic E-state index is 0.629. The first-order valence-corrected chi connectivity index (χ1v) is 4.93. The number of rotatable bonds is 1. The highest BCUT2D eigenvalue weighted by Gasteiger charge is 2.17. The Morgan fingerprint density at radius 1 is 1.45 bits per heavy atom. The Morgan fingerprint density at radius 3 is 2.82 bits per heavy atom. The molecule has 1 saturated heterocycles. The van der Waals surface area contributed by atoms with Crippen LogP contribution in [0.1, 0.15) is 18.0 Å². The molecule has 1 fully saturated rings. The third-order valence-corrected chi connectivity index (χ3v) is 2.75. The zero-order chi connectivity index (χ0) is 7.68. The van der Waals surface area contributed by atoms with Crippen LogP contribution in [-0.4, -0.2) is 6.54 Å². The third-order valence-electron chi connectivity index (χ3n) is 2.07. The Hall–Kier alpha value is -0.0900. The van der Waals surface area contributed by atoms with Gasteiger partial charge < -0.3 is 5.32 Å². The molecule has 1 N–H and O–H groups in total. The zero-order valence-electron chi connectivity index (χ0n) is 6.18. The van der Waals surface area contributed by atoms with Gasteiger partial charge in [-0.15, -0.1) is 0 Å². The molecule has 1 nitrogen and oxygen atoms in total. The van der Waals surface area contributed by atoms with Gasteiger partial charge in [-0.05, 0) is 53.3 Å². The van der Waals surface area contributed by atoms with E-state index in [0.717, 1.165) is 0 Å². The second-order valence-electron chi connectivity index (χ2n) is 2.85. The van der Waals surface area contributed by atoms with Gasteiger partial charge in [0.05, 0.1) is 0 Å². The SMILES string of the molecule is Ic1cccc(C2CCN2)c1. The molecule has 1 aromatic rings. The molecule has 1 aromatic carbocycles. The fourth-order valence-corrected chi connectivity index (χ4v) is 1.86. The molecule has 0 amide bonds. The van der Waals surface area contributed by atoms with Crippen LogP contribution in [0.15, 0.2) is 24.3 Å². The van der Waals surface area contributed by atoms with Crippen LogP contribution in [0.25, 0.3) is 0 Å². The summed E-state index contributed by atoms with van der Waals surface area (Å²) in [7, 11) is 0. The van der Waals surface area contributed by atoms with E-state index in [0.29, 0.717) is 6.04 Å². The van der Waals surface area contributed by atoms with Gasteiger partial charge in [0.1, 0.15) is 0 Å². The maximum Gasteiger partial charge on any atom is 0.0332 e. The van der Waals surface area contributed by atoms with Crippen LogP contribution in [0, 0.1) is 3.57 Å². The monoisotopic (exact) mass is 259 g/mol. The first-order chi connectivity index (χ1) is 5.36. The minimum atomic E-state index is 0.629. The summed E-state index contributed by atoms with van der Waals surface area (Å²) in [6.45, 7) is 1.18. The minimum Gasteiger partial charge on any atom is -0.310 e. The average Bonchev–Trinajstić information content (AvgIpc) is 1.83. The predicted molar refractivity (Wildman–Crippen MR) is 54.5 cm³/mol. The average molecular weight is 259 g/mol. The molecule has 1 aliphatic rings. The molecule has 0 bridgehead atoms. The van der Waals surface area contributed by atoms with Crippen molar-refractivity contribution in [2.45, 2.75) is 12.5 Å². The number of hydrogen-bond donors (Lipinski definition) is 1. The lowest BCUT2D eigenvalue weighted by molar-refractivity contribution is 0.383. The summed E-state index contributed by atoms with van der Waals surface area (Å²) in [5, 5.41) is 3.39. The molecule has 11 heavy (non-hydrogen) atoms. The molecule has 0 aliphatic carbocycles. The Balaban J connectivity index is 2.23. The van der Waals surface area contributed by atoms with Gasteiger partial charge in [0.2, 0.25) is 0 Å². The Bertz CT molecular complexity index is 255. The van der Waals surface area contributed by atoms with Gasteiger partial charge in [-0.25, -0.2) is 0 Å². The van der Waals surface area contributed by atoms with Crippen molar-refractivity contribution in [3.63, 3.8) is 0 Å². The molecule has 1 aliphatic heterocycles. The van der Waals surface area contributed by atoms with Gasteiger partial charge >= 0.3 is 0 Å². The maximum atomic E-state index is 3.39. The topological polar surface area (TPSA) is 12.0 Å². The summed E-state index contributed by atoms with van der Waals surface area (Å²) in [6, 6.07) is 9.32. The summed E-state index contributed by atoms with van der Waals surface area (Å²) >= 11 is 2.35. The molecule has 1 unspecified atom stereocenters. The lowest BCUT2D eigenvalue weighted by Gasteiger charge is -2.28. The summed E-state index contributed by atoms with van der Waals surface area (Å²) in [6.07, 6.45) is 1.29.